The molecule has 0 bridgehead atoms. The first-order valence-corrected chi connectivity index (χ1v) is 15.4. The lowest BCUT2D eigenvalue weighted by atomic mass is 10.1. The van der Waals surface area contributed by atoms with Crippen LogP contribution in [-0.2, 0) is 9.73 Å². The number of rotatable bonds is 11. The van der Waals surface area contributed by atoms with Crippen molar-refractivity contribution in [3.63, 3.8) is 0 Å². The maximum Gasteiger partial charge on any atom is 0.274 e. The van der Waals surface area contributed by atoms with E-state index in [-0.39, 0.29) is 38.4 Å². The molecule has 1 atom stereocenters. The van der Waals surface area contributed by atoms with Crippen molar-refractivity contribution in [2.45, 2.75) is 43.9 Å². The maximum atomic E-state index is 12.9. The summed E-state index contributed by atoms with van der Waals surface area (Å²) in [5, 5.41) is 5.57. The van der Waals surface area contributed by atoms with Gasteiger partial charge in [0.25, 0.3) is 11.8 Å². The first kappa shape index (κ1) is 29.4. The van der Waals surface area contributed by atoms with Gasteiger partial charge in [0.1, 0.15) is 11.4 Å². The normalized spacial score (nSPS) is 15.2. The number of hydrogen-bond acceptors (Lipinski definition) is 7. The van der Waals surface area contributed by atoms with E-state index in [1.165, 1.54) is 43.8 Å². The Hall–Kier alpha value is -3.54. The van der Waals surface area contributed by atoms with Crippen molar-refractivity contribution in [1.82, 2.24) is 14.9 Å². The summed E-state index contributed by atoms with van der Waals surface area (Å²) in [5.74, 6) is -0.983. The first-order chi connectivity index (χ1) is 19.2. The summed E-state index contributed by atoms with van der Waals surface area (Å²) in [6, 6.07) is 10.8. The fourth-order valence-electron chi connectivity index (χ4n) is 4.52. The first-order valence-electron chi connectivity index (χ1n) is 13.3. The number of aromatic amines is 1. The summed E-state index contributed by atoms with van der Waals surface area (Å²) < 4.78 is 20.2. The van der Waals surface area contributed by atoms with Crippen LogP contribution in [0.2, 0.25) is 5.02 Å². The van der Waals surface area contributed by atoms with E-state index in [9.17, 15) is 18.6 Å². The number of nitrogens with one attached hydrogen (secondary N) is 4. The second-order valence-electron chi connectivity index (χ2n) is 9.65. The van der Waals surface area contributed by atoms with Crippen LogP contribution < -0.4 is 10.6 Å². The molecule has 1 aliphatic heterocycles. The lowest BCUT2D eigenvalue weighted by Gasteiger charge is -2.26. The second kappa shape index (κ2) is 13.2. The molecular formula is C28H33ClN6O4S. The zero-order valence-electron chi connectivity index (χ0n) is 22.3. The molecule has 1 aliphatic rings. The number of halogens is 1. The topological polar surface area (TPSA) is 148 Å². The Balaban J connectivity index is 1.32. The summed E-state index contributed by atoms with van der Waals surface area (Å²) in [6.45, 7) is 4.66. The van der Waals surface area contributed by atoms with E-state index in [1.807, 2.05) is 0 Å². The summed E-state index contributed by atoms with van der Waals surface area (Å²) in [4.78, 5) is 47.8. The third-order valence-corrected chi connectivity index (χ3v) is 8.97. The van der Waals surface area contributed by atoms with Crippen molar-refractivity contribution in [1.29, 1.82) is 4.78 Å². The molecule has 2 heterocycles. The highest BCUT2D eigenvalue weighted by molar-refractivity contribution is 7.92. The molecule has 212 valence electrons. The number of nitrogens with zero attached hydrogens (tertiary/aromatic N) is 2. The number of H-pyrrole nitrogens is 1. The highest BCUT2D eigenvalue weighted by atomic mass is 35.5. The van der Waals surface area contributed by atoms with Crippen LogP contribution in [0.3, 0.4) is 0 Å². The predicted molar refractivity (Wildman–Crippen MR) is 156 cm³/mol. The van der Waals surface area contributed by atoms with Crippen molar-refractivity contribution in [2.24, 2.45) is 0 Å². The number of hydrogen-bond donors (Lipinski definition) is 4. The highest BCUT2D eigenvalue weighted by Gasteiger charge is 2.21. The van der Waals surface area contributed by atoms with E-state index < -0.39 is 21.5 Å². The van der Waals surface area contributed by atoms with Crippen LogP contribution in [0.1, 0.15) is 70.4 Å². The Bertz CT molecular complexity index is 1480. The molecule has 10 nitrogen and oxygen atoms in total. The average molecular weight is 585 g/mol. The molecule has 1 saturated heterocycles. The standard InChI is InChI=1S/C28H33ClN6O4S/c1-2-40(30,39)21-12-13-22(23(29)17-21)27(37)33-19-8-10-20(11-9-19)34-28(38)26-25(31-18-32-26)24(36)7-6-16-35-14-4-3-5-15-35/h8-13,17-18,30H,2-7,14-16H2,1H3,(H,31,32)(H,33,37)(H,34,38). The summed E-state index contributed by atoms with van der Waals surface area (Å²) in [7, 11) is -2.95. The van der Waals surface area contributed by atoms with Crippen molar-refractivity contribution in [3.05, 3.63) is 70.8 Å². The van der Waals surface area contributed by atoms with Crippen LogP contribution in [0.5, 0.6) is 0 Å². The van der Waals surface area contributed by atoms with E-state index in [2.05, 4.69) is 25.5 Å². The van der Waals surface area contributed by atoms with Crippen LogP contribution in [0.15, 0.2) is 53.7 Å². The fourth-order valence-corrected chi connectivity index (χ4v) is 5.78. The van der Waals surface area contributed by atoms with Gasteiger partial charge in [-0.2, -0.15) is 0 Å². The average Bonchev–Trinajstić information content (AvgIpc) is 3.45. The van der Waals surface area contributed by atoms with E-state index in [0.717, 1.165) is 26.1 Å². The van der Waals surface area contributed by atoms with Crippen LogP contribution in [0.25, 0.3) is 0 Å². The number of piperidine rings is 1. The van der Waals surface area contributed by atoms with Gasteiger partial charge < -0.3 is 20.5 Å². The third-order valence-electron chi connectivity index (χ3n) is 6.83. The number of anilines is 2. The Kier molecular flexibility index (Phi) is 9.72. The molecule has 0 aliphatic carbocycles. The lowest BCUT2D eigenvalue weighted by molar-refractivity contribution is 0.0952. The molecule has 0 saturated carbocycles. The van der Waals surface area contributed by atoms with Gasteiger partial charge in [-0.15, -0.1) is 0 Å². The lowest BCUT2D eigenvalue weighted by Crippen LogP contribution is -2.30. The highest BCUT2D eigenvalue weighted by Crippen LogP contribution is 2.24. The van der Waals surface area contributed by atoms with Crippen molar-refractivity contribution < 1.29 is 18.6 Å². The number of benzene rings is 2. The van der Waals surface area contributed by atoms with Crippen LogP contribution in [-0.4, -0.2) is 62.1 Å². The molecule has 4 N–H and O–H groups in total. The van der Waals surface area contributed by atoms with E-state index in [1.54, 1.807) is 31.2 Å². The van der Waals surface area contributed by atoms with E-state index in [0.29, 0.717) is 17.8 Å². The van der Waals surface area contributed by atoms with Gasteiger partial charge >= 0.3 is 0 Å². The number of carbonyl (C=O) groups excluding carboxylic acids is 3. The number of carbonyl (C=O) groups is 3. The number of ketones is 1. The van der Waals surface area contributed by atoms with Gasteiger partial charge in [0, 0.05) is 28.4 Å². The van der Waals surface area contributed by atoms with Crippen molar-refractivity contribution in [2.75, 3.05) is 36.0 Å². The number of Topliss-reactive ketones (excluding diaryl/α,β-unsaturated/α-hetero) is 1. The Morgan fingerprint density at radius 1 is 1.02 bits per heavy atom. The molecular weight excluding hydrogens is 552 g/mol. The molecule has 1 unspecified atom stereocenters. The number of imidazole rings is 1. The van der Waals surface area contributed by atoms with Gasteiger partial charge in [-0.25, -0.2) is 14.0 Å². The molecule has 2 amide bonds. The maximum absolute atomic E-state index is 12.9. The van der Waals surface area contributed by atoms with Crippen LogP contribution in [0, 0.1) is 4.78 Å². The number of aromatic nitrogens is 2. The molecule has 12 heteroatoms. The minimum atomic E-state index is -2.95. The van der Waals surface area contributed by atoms with Gasteiger partial charge in [-0.05, 0) is 81.4 Å². The molecule has 0 spiro atoms. The summed E-state index contributed by atoms with van der Waals surface area (Å²) in [5.41, 5.74) is 1.35. The minimum absolute atomic E-state index is 0.101. The van der Waals surface area contributed by atoms with Gasteiger partial charge in [0.2, 0.25) is 0 Å². The molecule has 0 radical (unpaired) electrons. The minimum Gasteiger partial charge on any atom is -0.340 e. The number of likely N-dealkylation sites (tertiary alicyclic amines) is 1. The Morgan fingerprint density at radius 3 is 2.30 bits per heavy atom. The molecule has 3 aromatic rings. The van der Waals surface area contributed by atoms with Gasteiger partial charge in [-0.3, -0.25) is 14.4 Å². The molecule has 40 heavy (non-hydrogen) atoms. The quantitative estimate of drug-likeness (QED) is 0.220. The van der Waals surface area contributed by atoms with Crippen LogP contribution in [0.4, 0.5) is 11.4 Å². The fraction of sp³-hybridized carbons (Fsp3) is 0.357. The van der Waals surface area contributed by atoms with Crippen molar-refractivity contribution >= 4 is 50.3 Å². The van der Waals surface area contributed by atoms with Gasteiger partial charge in [0.15, 0.2) is 5.78 Å². The predicted octanol–water partition coefficient (Wildman–Crippen LogP) is 5.44. The van der Waals surface area contributed by atoms with Gasteiger partial charge in [-0.1, -0.05) is 24.9 Å². The molecule has 1 fully saturated rings. The Labute approximate surface area is 238 Å². The largest absolute Gasteiger partial charge is 0.340 e. The van der Waals surface area contributed by atoms with Gasteiger partial charge in [0.05, 0.1) is 26.6 Å². The molecule has 1 aromatic heterocycles. The molecule has 2 aromatic carbocycles. The van der Waals surface area contributed by atoms with Crippen molar-refractivity contribution in [3.8, 4) is 0 Å². The third kappa shape index (κ3) is 7.35. The van der Waals surface area contributed by atoms with E-state index in [4.69, 9.17) is 16.4 Å². The summed E-state index contributed by atoms with van der Waals surface area (Å²) >= 11 is 6.23. The smallest absolute Gasteiger partial charge is 0.274 e. The second-order valence-corrected chi connectivity index (χ2v) is 12.5. The monoisotopic (exact) mass is 584 g/mol. The number of amides is 2. The van der Waals surface area contributed by atoms with E-state index >= 15 is 0 Å². The Morgan fingerprint density at radius 2 is 1.68 bits per heavy atom. The zero-order valence-corrected chi connectivity index (χ0v) is 23.9. The summed E-state index contributed by atoms with van der Waals surface area (Å²) in [6.07, 6.45) is 6.05. The van der Waals surface area contributed by atoms with Crippen LogP contribution >= 0.6 is 11.6 Å². The zero-order chi connectivity index (χ0) is 28.7. The molecule has 4 rings (SSSR count). The SMILES string of the molecule is CCS(=N)(=O)c1ccc(C(=O)Nc2ccc(NC(=O)c3[nH]cnc3C(=O)CCCN3CCCCC3)cc2)c(Cl)c1.